The van der Waals surface area contributed by atoms with Crippen molar-refractivity contribution in [3.63, 3.8) is 0 Å². The molecule has 0 saturated carbocycles. The number of aliphatic hydroxyl groups is 4. The fraction of sp³-hybridized carbons (Fsp3) is 0.300. The van der Waals surface area contributed by atoms with Crippen LogP contribution in [0.4, 0.5) is 0 Å². The zero-order valence-corrected chi connectivity index (χ0v) is 15.2. The van der Waals surface area contributed by atoms with Crippen molar-refractivity contribution >= 4 is 12.2 Å². The molecule has 0 spiro atoms. The molecule has 0 unspecified atom stereocenters. The lowest BCUT2D eigenvalue weighted by Crippen LogP contribution is -2.60. The van der Waals surface area contributed by atoms with Crippen molar-refractivity contribution in [2.75, 3.05) is 6.61 Å². The molecule has 0 aliphatic carbocycles. The van der Waals surface area contributed by atoms with E-state index in [0.29, 0.717) is 11.1 Å². The highest BCUT2D eigenvalue weighted by Crippen LogP contribution is 2.29. The minimum absolute atomic E-state index is 0.0766. The van der Waals surface area contributed by atoms with Gasteiger partial charge in [-0.25, -0.2) is 0 Å². The van der Waals surface area contributed by atoms with Gasteiger partial charge in [-0.1, -0.05) is 12.2 Å². The lowest BCUT2D eigenvalue weighted by atomic mass is 9.99. The fourth-order valence-corrected chi connectivity index (χ4v) is 2.93. The smallest absolute Gasteiger partial charge is 0.229 e. The van der Waals surface area contributed by atoms with Crippen molar-refractivity contribution < 1.29 is 45.2 Å². The van der Waals surface area contributed by atoms with E-state index in [-0.39, 0.29) is 23.0 Å². The van der Waals surface area contributed by atoms with Gasteiger partial charge in [-0.05, 0) is 29.8 Å². The van der Waals surface area contributed by atoms with E-state index < -0.39 is 37.3 Å². The molecule has 7 N–H and O–H groups in total. The van der Waals surface area contributed by atoms with Crippen LogP contribution in [-0.4, -0.2) is 73.1 Å². The van der Waals surface area contributed by atoms with Crippen LogP contribution in [0, 0.1) is 0 Å². The van der Waals surface area contributed by atoms with Crippen LogP contribution in [0.25, 0.3) is 12.2 Å². The predicted molar refractivity (Wildman–Crippen MR) is 101 cm³/mol. The maximum Gasteiger partial charge on any atom is 0.229 e. The van der Waals surface area contributed by atoms with E-state index in [1.807, 2.05) is 0 Å². The quantitative estimate of drug-likeness (QED) is 0.343. The summed E-state index contributed by atoms with van der Waals surface area (Å²) in [5.41, 5.74) is 0.916. The van der Waals surface area contributed by atoms with Crippen LogP contribution in [0.1, 0.15) is 11.1 Å². The Hall–Kier alpha value is -2.82. The monoisotopic (exact) mass is 406 g/mol. The third-order valence-corrected chi connectivity index (χ3v) is 4.48. The summed E-state index contributed by atoms with van der Waals surface area (Å²) in [6.07, 6.45) is -4.04. The first-order valence-corrected chi connectivity index (χ1v) is 8.80. The largest absolute Gasteiger partial charge is 0.508 e. The summed E-state index contributed by atoms with van der Waals surface area (Å²) in [6, 6.07) is 8.31. The van der Waals surface area contributed by atoms with Gasteiger partial charge in [0.25, 0.3) is 0 Å². The number of hydrogen-bond acceptors (Lipinski definition) is 9. The van der Waals surface area contributed by atoms with Crippen LogP contribution in [0.5, 0.6) is 23.0 Å². The number of rotatable bonds is 5. The van der Waals surface area contributed by atoms with Crippen LogP contribution in [0.3, 0.4) is 0 Å². The fourth-order valence-electron chi connectivity index (χ4n) is 2.93. The lowest BCUT2D eigenvalue weighted by molar-refractivity contribution is -0.277. The Morgan fingerprint density at radius 3 is 2.31 bits per heavy atom. The van der Waals surface area contributed by atoms with Crippen LogP contribution in [-0.2, 0) is 4.74 Å². The normalized spacial score (nSPS) is 27.2. The molecule has 0 bridgehead atoms. The Labute approximate surface area is 165 Å². The molecule has 1 aliphatic heterocycles. The molecule has 0 radical (unpaired) electrons. The molecule has 1 aliphatic rings. The summed E-state index contributed by atoms with van der Waals surface area (Å²) in [6.45, 7) is -0.588. The first kappa shape index (κ1) is 20.9. The molecule has 9 nitrogen and oxygen atoms in total. The topological polar surface area (TPSA) is 160 Å². The number of phenols is 3. The Bertz CT molecular complexity index is 880. The second kappa shape index (κ2) is 8.68. The Morgan fingerprint density at radius 2 is 1.62 bits per heavy atom. The molecule has 29 heavy (non-hydrogen) atoms. The number of hydrogen-bond donors (Lipinski definition) is 7. The van der Waals surface area contributed by atoms with Gasteiger partial charge in [0.1, 0.15) is 47.4 Å². The molecular weight excluding hydrogens is 384 g/mol. The number of aromatic hydroxyl groups is 3. The Kier molecular flexibility index (Phi) is 6.26. The van der Waals surface area contributed by atoms with E-state index in [4.69, 9.17) is 9.47 Å². The molecular formula is C20H22O9. The summed E-state index contributed by atoms with van der Waals surface area (Å²) in [7, 11) is 0. The highest BCUT2D eigenvalue weighted by Gasteiger charge is 2.44. The first-order chi connectivity index (χ1) is 13.8. The molecule has 3 rings (SSSR count). The number of aliphatic hydroxyl groups excluding tert-OH is 4. The van der Waals surface area contributed by atoms with E-state index >= 15 is 0 Å². The van der Waals surface area contributed by atoms with Crippen molar-refractivity contribution in [3.8, 4) is 23.0 Å². The summed E-state index contributed by atoms with van der Waals surface area (Å²) >= 11 is 0. The third kappa shape index (κ3) is 4.78. The van der Waals surface area contributed by atoms with Crippen LogP contribution in [0.2, 0.25) is 0 Å². The standard InChI is InChI=1S/C20H22O9/c21-9-16-17(25)18(26)19(27)20(29-16)28-14-6-10(5-13(23)7-14)1-2-11-3-4-12(22)8-15(11)24/h1-8,16-27H,9H2/t16-,17-,18+,19-,20-/m1/s1. The Morgan fingerprint density at radius 1 is 0.862 bits per heavy atom. The molecule has 1 fully saturated rings. The highest BCUT2D eigenvalue weighted by molar-refractivity contribution is 5.73. The van der Waals surface area contributed by atoms with E-state index in [1.54, 1.807) is 12.2 Å². The van der Waals surface area contributed by atoms with Crippen LogP contribution >= 0.6 is 0 Å². The molecule has 1 heterocycles. The maximum atomic E-state index is 10.1. The van der Waals surface area contributed by atoms with Gasteiger partial charge in [-0.3, -0.25) is 0 Å². The van der Waals surface area contributed by atoms with Crippen molar-refractivity contribution in [3.05, 3.63) is 47.5 Å². The van der Waals surface area contributed by atoms with E-state index in [9.17, 15) is 35.7 Å². The zero-order chi connectivity index (χ0) is 21.1. The van der Waals surface area contributed by atoms with Gasteiger partial charge >= 0.3 is 0 Å². The lowest BCUT2D eigenvalue weighted by Gasteiger charge is -2.39. The van der Waals surface area contributed by atoms with E-state index in [1.165, 1.54) is 36.4 Å². The van der Waals surface area contributed by atoms with Crippen LogP contribution in [0.15, 0.2) is 36.4 Å². The minimum Gasteiger partial charge on any atom is -0.508 e. The van der Waals surface area contributed by atoms with Gasteiger partial charge in [0.2, 0.25) is 6.29 Å². The second-order valence-corrected chi connectivity index (χ2v) is 6.65. The minimum atomic E-state index is -1.58. The average molecular weight is 406 g/mol. The predicted octanol–water partition coefficient (Wildman–Crippen LogP) is 0.152. The second-order valence-electron chi connectivity index (χ2n) is 6.65. The van der Waals surface area contributed by atoms with Crippen molar-refractivity contribution in [2.24, 2.45) is 0 Å². The summed E-state index contributed by atoms with van der Waals surface area (Å²) in [5.74, 6) is -0.253. The van der Waals surface area contributed by atoms with Gasteiger partial charge in [0.05, 0.1) is 6.61 Å². The van der Waals surface area contributed by atoms with Gasteiger partial charge in [-0.15, -0.1) is 0 Å². The summed E-state index contributed by atoms with van der Waals surface area (Å²) < 4.78 is 10.8. The molecule has 2 aromatic carbocycles. The van der Waals surface area contributed by atoms with Crippen LogP contribution < -0.4 is 4.74 Å². The molecule has 1 saturated heterocycles. The summed E-state index contributed by atoms with van der Waals surface area (Å²) in [4.78, 5) is 0. The van der Waals surface area contributed by atoms with Gasteiger partial charge < -0.3 is 45.2 Å². The highest BCUT2D eigenvalue weighted by atomic mass is 16.7. The summed E-state index contributed by atoms with van der Waals surface area (Å²) in [5, 5.41) is 68.0. The SMILES string of the molecule is OC[C@H]1O[C@@H](Oc2cc(O)cc(C=Cc3ccc(O)cc3O)c2)[C@H](O)[C@@H](O)[C@@H]1O. The molecule has 2 aromatic rings. The number of benzene rings is 2. The molecule has 156 valence electrons. The molecule has 5 atom stereocenters. The van der Waals surface area contributed by atoms with Gasteiger partial charge in [0, 0.05) is 17.7 Å². The number of ether oxygens (including phenoxy) is 2. The molecule has 0 aromatic heterocycles. The van der Waals surface area contributed by atoms with Gasteiger partial charge in [-0.2, -0.15) is 0 Å². The maximum absolute atomic E-state index is 10.1. The number of phenolic OH excluding ortho intramolecular Hbond substituents is 3. The Balaban J connectivity index is 1.79. The molecule has 9 heteroatoms. The molecule has 0 amide bonds. The van der Waals surface area contributed by atoms with E-state index in [2.05, 4.69) is 0 Å². The zero-order valence-electron chi connectivity index (χ0n) is 15.2. The van der Waals surface area contributed by atoms with Crippen molar-refractivity contribution in [2.45, 2.75) is 30.7 Å². The first-order valence-electron chi connectivity index (χ1n) is 8.80. The van der Waals surface area contributed by atoms with Crippen molar-refractivity contribution in [1.29, 1.82) is 0 Å². The third-order valence-electron chi connectivity index (χ3n) is 4.48. The van der Waals surface area contributed by atoms with Crippen molar-refractivity contribution in [1.82, 2.24) is 0 Å². The average Bonchev–Trinajstić information content (AvgIpc) is 2.67. The van der Waals surface area contributed by atoms with Gasteiger partial charge in [0.15, 0.2) is 0 Å². The van der Waals surface area contributed by atoms with E-state index in [0.717, 1.165) is 0 Å².